The monoisotopic (exact) mass is 482 g/mol. The van der Waals surface area contributed by atoms with Crippen LogP contribution in [0.25, 0.3) is 0 Å². The second kappa shape index (κ2) is 8.79. The van der Waals surface area contributed by atoms with Crippen molar-refractivity contribution in [3.63, 3.8) is 0 Å². The van der Waals surface area contributed by atoms with E-state index in [2.05, 4.69) is 10.6 Å². The van der Waals surface area contributed by atoms with Gasteiger partial charge in [-0.25, -0.2) is 9.18 Å². The van der Waals surface area contributed by atoms with Crippen molar-refractivity contribution in [2.45, 2.75) is 30.2 Å². The summed E-state index contributed by atoms with van der Waals surface area (Å²) in [6.45, 7) is 1.66. The highest BCUT2D eigenvalue weighted by atomic mass is 19.4. The van der Waals surface area contributed by atoms with Gasteiger partial charge in [-0.05, 0) is 48.2 Å². The number of carbonyl (C=O) groups is 2. The van der Waals surface area contributed by atoms with Crippen molar-refractivity contribution in [1.29, 1.82) is 0 Å². The zero-order chi connectivity index (χ0) is 24.6. The van der Waals surface area contributed by atoms with E-state index in [1.807, 2.05) is 18.2 Å². The quantitative estimate of drug-likeness (QED) is 0.579. The number of hydrogen-bond acceptors (Lipinski definition) is 5. The Balaban J connectivity index is 0.000000344. The predicted octanol–water partition coefficient (Wildman–Crippen LogP) is 3.28. The molecule has 2 aromatic carbocycles. The first-order valence-corrected chi connectivity index (χ1v) is 10.6. The van der Waals surface area contributed by atoms with E-state index in [-0.39, 0.29) is 11.4 Å². The Kier molecular flexibility index (Phi) is 6.15. The van der Waals surface area contributed by atoms with E-state index in [1.54, 1.807) is 24.3 Å². The molecule has 0 atom stereocenters. The second-order valence-corrected chi connectivity index (χ2v) is 8.35. The van der Waals surface area contributed by atoms with Crippen LogP contribution in [-0.4, -0.2) is 49.5 Å². The molecule has 34 heavy (non-hydrogen) atoms. The zero-order valence-corrected chi connectivity index (χ0v) is 17.9. The van der Waals surface area contributed by atoms with Gasteiger partial charge in [-0.15, -0.1) is 0 Å². The summed E-state index contributed by atoms with van der Waals surface area (Å²) in [6, 6.07) is 12.7. The molecular formula is C23H22F4N2O5. The predicted molar refractivity (Wildman–Crippen MR) is 112 cm³/mol. The van der Waals surface area contributed by atoms with E-state index < -0.39 is 17.8 Å². The van der Waals surface area contributed by atoms with Gasteiger partial charge in [-0.1, -0.05) is 18.2 Å². The average Bonchev–Trinajstić information content (AvgIpc) is 3.57. The number of fused-ring (bicyclic) bond motifs is 1. The molecule has 1 saturated carbocycles. The molecule has 0 bridgehead atoms. The maximum atomic E-state index is 14.6. The first-order valence-electron chi connectivity index (χ1n) is 10.6. The maximum absolute atomic E-state index is 14.6. The summed E-state index contributed by atoms with van der Waals surface area (Å²) < 4.78 is 57.6. The van der Waals surface area contributed by atoms with E-state index in [1.165, 1.54) is 0 Å². The highest BCUT2D eigenvalue weighted by Gasteiger charge is 2.46. The number of ether oxygens (including phenoxy) is 2. The smallest absolute Gasteiger partial charge is 0.486 e. The van der Waals surface area contributed by atoms with Crippen LogP contribution in [0.15, 0.2) is 42.5 Å². The number of hydrogen-bond donors (Lipinski definition) is 3. The van der Waals surface area contributed by atoms with Crippen LogP contribution in [0.4, 0.5) is 17.6 Å². The van der Waals surface area contributed by atoms with E-state index in [0.717, 1.165) is 29.9 Å². The minimum Gasteiger partial charge on any atom is -0.486 e. The molecule has 3 aliphatic rings. The number of alkyl halides is 4. The largest absolute Gasteiger partial charge is 0.490 e. The molecule has 0 radical (unpaired) electrons. The van der Waals surface area contributed by atoms with Gasteiger partial charge in [0.2, 0.25) is 0 Å². The van der Waals surface area contributed by atoms with E-state index >= 15 is 0 Å². The minimum absolute atomic E-state index is 0.180. The van der Waals surface area contributed by atoms with E-state index in [0.29, 0.717) is 37.4 Å². The number of rotatable bonds is 4. The van der Waals surface area contributed by atoms with Crippen LogP contribution in [-0.2, 0) is 16.0 Å². The summed E-state index contributed by atoms with van der Waals surface area (Å²) >= 11 is 0. The molecule has 2 fully saturated rings. The molecular weight excluding hydrogens is 460 g/mol. The number of carbonyl (C=O) groups excluding carboxylic acids is 1. The van der Waals surface area contributed by atoms with Crippen molar-refractivity contribution in [3.05, 3.63) is 59.2 Å². The molecule has 182 valence electrons. The molecule has 0 spiro atoms. The Morgan fingerprint density at radius 2 is 1.62 bits per heavy atom. The van der Waals surface area contributed by atoms with Crippen molar-refractivity contribution in [2.24, 2.45) is 0 Å². The number of carboxylic acids is 1. The van der Waals surface area contributed by atoms with Crippen LogP contribution in [0.3, 0.4) is 0 Å². The molecule has 1 amide bonds. The highest BCUT2D eigenvalue weighted by molar-refractivity contribution is 5.95. The van der Waals surface area contributed by atoms with Crippen LogP contribution in [0.1, 0.15) is 34.3 Å². The fraction of sp³-hybridized carbons (Fsp3) is 0.391. The summed E-state index contributed by atoms with van der Waals surface area (Å²) in [5.41, 5.74) is 0.303. The first kappa shape index (κ1) is 23.8. The summed E-state index contributed by atoms with van der Waals surface area (Å²) in [5, 5.41) is 13.2. The van der Waals surface area contributed by atoms with Gasteiger partial charge in [0.1, 0.15) is 13.2 Å². The van der Waals surface area contributed by atoms with Crippen LogP contribution in [0.5, 0.6) is 11.5 Å². The summed E-state index contributed by atoms with van der Waals surface area (Å²) in [7, 11) is 0. The Morgan fingerprint density at radius 1 is 0.971 bits per heavy atom. The molecule has 7 nitrogen and oxygen atoms in total. The van der Waals surface area contributed by atoms with Crippen LogP contribution < -0.4 is 20.1 Å². The number of nitrogens with one attached hydrogen (secondary N) is 2. The first-order chi connectivity index (χ1) is 16.0. The topological polar surface area (TPSA) is 96.9 Å². The van der Waals surface area contributed by atoms with Crippen LogP contribution in [0.2, 0.25) is 0 Å². The van der Waals surface area contributed by atoms with Gasteiger partial charge in [-0.3, -0.25) is 4.79 Å². The molecule has 2 heterocycles. The summed E-state index contributed by atoms with van der Waals surface area (Å²) in [6.07, 6.45) is -3.34. The number of amides is 1. The summed E-state index contributed by atoms with van der Waals surface area (Å²) in [5.74, 6) is -1.48. The second-order valence-electron chi connectivity index (χ2n) is 8.35. The fourth-order valence-electron chi connectivity index (χ4n) is 3.73. The minimum atomic E-state index is -5.08. The van der Waals surface area contributed by atoms with Gasteiger partial charge >= 0.3 is 12.1 Å². The molecule has 2 aliphatic heterocycles. The number of halogens is 4. The van der Waals surface area contributed by atoms with Crippen molar-refractivity contribution in [3.8, 4) is 11.5 Å². The van der Waals surface area contributed by atoms with Crippen LogP contribution >= 0.6 is 0 Å². The van der Waals surface area contributed by atoms with Gasteiger partial charge in [0.05, 0.1) is 5.54 Å². The van der Waals surface area contributed by atoms with Crippen molar-refractivity contribution in [1.82, 2.24) is 10.6 Å². The number of benzene rings is 2. The average molecular weight is 482 g/mol. The Labute approximate surface area is 192 Å². The number of aliphatic carboxylic acids is 1. The lowest BCUT2D eigenvalue weighted by Gasteiger charge is -2.35. The molecule has 11 heteroatoms. The van der Waals surface area contributed by atoms with Crippen molar-refractivity contribution >= 4 is 11.9 Å². The third-order valence-corrected chi connectivity index (χ3v) is 5.89. The van der Waals surface area contributed by atoms with Gasteiger partial charge in [0.15, 0.2) is 17.2 Å². The lowest BCUT2D eigenvalue weighted by molar-refractivity contribution is -0.192. The third-order valence-electron chi connectivity index (χ3n) is 5.89. The Bertz CT molecular complexity index is 1100. The molecule has 3 N–H and O–H groups in total. The number of carboxylic acid groups (broad SMARTS) is 1. The molecule has 0 aromatic heterocycles. The molecule has 0 unspecified atom stereocenters. The van der Waals surface area contributed by atoms with Crippen molar-refractivity contribution in [2.75, 3.05) is 26.3 Å². The third kappa shape index (κ3) is 4.93. The lowest BCUT2D eigenvalue weighted by atomic mass is 9.89. The molecule has 5 rings (SSSR count). The standard InChI is InChI=1S/C21H21FN2O3.C2HF3O2/c22-20(12-23-13-20)15-3-1-2-14(10-15)19(25)24-21(6-7-21)16-4-5-17-18(11-16)27-9-8-26-17;3-2(4,5)1(6)7/h1-5,10-11,23H,6-9,12-13H2,(H,24,25);(H,6,7). The molecule has 1 saturated heterocycles. The van der Waals surface area contributed by atoms with E-state index in [9.17, 15) is 22.4 Å². The van der Waals surface area contributed by atoms with Gasteiger partial charge in [0, 0.05) is 18.7 Å². The maximum Gasteiger partial charge on any atom is 0.490 e. The Morgan fingerprint density at radius 3 is 2.18 bits per heavy atom. The molecule has 2 aromatic rings. The highest BCUT2D eigenvalue weighted by Crippen LogP contribution is 2.48. The Hall–Kier alpha value is -3.34. The zero-order valence-electron chi connectivity index (χ0n) is 17.9. The van der Waals surface area contributed by atoms with Gasteiger partial charge in [0.25, 0.3) is 5.91 Å². The SMILES string of the molecule is O=C(NC1(c2ccc3c(c2)OCCO3)CC1)c1cccc(C2(F)CNC2)c1.O=C(O)C(F)(F)F. The fourth-order valence-corrected chi connectivity index (χ4v) is 3.73. The van der Waals surface area contributed by atoms with Crippen molar-refractivity contribution < 1.29 is 41.7 Å². The summed E-state index contributed by atoms with van der Waals surface area (Å²) in [4.78, 5) is 21.7. The lowest BCUT2D eigenvalue weighted by Crippen LogP contribution is -2.53. The molecule has 1 aliphatic carbocycles. The van der Waals surface area contributed by atoms with Gasteiger partial charge in [-0.2, -0.15) is 13.2 Å². The van der Waals surface area contributed by atoms with Crippen LogP contribution in [0, 0.1) is 0 Å². The normalized spacial score (nSPS) is 19.1. The van der Waals surface area contributed by atoms with E-state index in [4.69, 9.17) is 19.4 Å². The van der Waals surface area contributed by atoms with Gasteiger partial charge < -0.3 is 25.2 Å².